The molecule has 0 saturated heterocycles. The van der Waals surface area contributed by atoms with Gasteiger partial charge in [0.05, 0.1) is 28.7 Å². The second-order valence-corrected chi connectivity index (χ2v) is 8.37. The van der Waals surface area contributed by atoms with E-state index in [1.165, 1.54) is 0 Å². The van der Waals surface area contributed by atoms with Gasteiger partial charge in [0.25, 0.3) is 0 Å². The monoisotopic (exact) mass is 469 g/mol. The third-order valence-corrected chi connectivity index (χ3v) is 6.08. The third-order valence-electron chi connectivity index (χ3n) is 5.77. The Balaban J connectivity index is 1.39. The molecule has 2 N–H and O–H groups in total. The molecule has 1 aromatic heterocycles. The summed E-state index contributed by atoms with van der Waals surface area (Å²) in [6, 6.07) is 8.63. The minimum absolute atomic E-state index is 0.224. The lowest BCUT2D eigenvalue weighted by atomic mass is 10.1. The highest BCUT2D eigenvalue weighted by Crippen LogP contribution is 2.48. The number of carbonyl (C=O) groups is 1. The third kappa shape index (κ3) is 4.43. The number of carbonyl (C=O) groups excluding carboxylic acids is 1. The number of aromatic nitrogens is 1. The van der Waals surface area contributed by atoms with Gasteiger partial charge in [-0.15, -0.1) is 0 Å². The zero-order valence-electron chi connectivity index (χ0n) is 18.2. The van der Waals surface area contributed by atoms with E-state index in [4.69, 9.17) is 30.5 Å². The van der Waals surface area contributed by atoms with Gasteiger partial charge < -0.3 is 29.6 Å². The second kappa shape index (κ2) is 9.23. The standard InChI is InChI=1S/C24H24ClN3O5/c1-30-20-13-18-21(23-22(20)31-10-11-32-23)19(8-9-26-18)33-15-6-7-17(16(25)12-15)28-24(29)27-14-4-2-3-5-14/h6-9,12-14H,2-5,10-11H2,1H3,(H2,27,28,29). The molecule has 0 atom stereocenters. The van der Waals surface area contributed by atoms with Crippen molar-refractivity contribution in [2.24, 2.45) is 0 Å². The molecule has 33 heavy (non-hydrogen) atoms. The number of benzene rings is 2. The normalized spacial score (nSPS) is 15.3. The molecule has 0 spiro atoms. The van der Waals surface area contributed by atoms with Gasteiger partial charge in [0, 0.05) is 24.4 Å². The Morgan fingerprint density at radius 3 is 2.64 bits per heavy atom. The van der Waals surface area contributed by atoms with E-state index in [1.807, 2.05) is 0 Å². The molecule has 5 rings (SSSR count). The molecular weight excluding hydrogens is 446 g/mol. The molecule has 9 heteroatoms. The summed E-state index contributed by atoms with van der Waals surface area (Å²) in [5, 5.41) is 6.85. The molecule has 2 aromatic carbocycles. The molecule has 1 aliphatic heterocycles. The highest BCUT2D eigenvalue weighted by atomic mass is 35.5. The van der Waals surface area contributed by atoms with Gasteiger partial charge in [-0.2, -0.15) is 0 Å². The first-order valence-corrected chi connectivity index (χ1v) is 11.3. The van der Waals surface area contributed by atoms with Crippen LogP contribution in [0.4, 0.5) is 10.5 Å². The van der Waals surface area contributed by atoms with E-state index in [2.05, 4.69) is 15.6 Å². The molecule has 0 unspecified atom stereocenters. The summed E-state index contributed by atoms with van der Waals surface area (Å²) in [5.41, 5.74) is 1.17. The average molecular weight is 470 g/mol. The number of methoxy groups -OCH3 is 1. The number of hydrogen-bond donors (Lipinski definition) is 2. The number of pyridine rings is 1. The van der Waals surface area contributed by atoms with Gasteiger partial charge in [0.15, 0.2) is 11.5 Å². The zero-order valence-corrected chi connectivity index (χ0v) is 18.9. The van der Waals surface area contributed by atoms with E-state index in [-0.39, 0.29) is 12.1 Å². The fourth-order valence-corrected chi connectivity index (χ4v) is 4.43. The smallest absolute Gasteiger partial charge is 0.319 e. The van der Waals surface area contributed by atoms with Crippen molar-refractivity contribution in [3.63, 3.8) is 0 Å². The number of nitrogens with zero attached hydrogens (tertiary/aromatic N) is 1. The Morgan fingerprint density at radius 2 is 1.88 bits per heavy atom. The molecule has 2 amide bonds. The molecule has 2 aliphatic rings. The molecule has 172 valence electrons. The zero-order chi connectivity index (χ0) is 22.8. The van der Waals surface area contributed by atoms with E-state index < -0.39 is 0 Å². The summed E-state index contributed by atoms with van der Waals surface area (Å²) in [6.07, 6.45) is 5.97. The molecule has 8 nitrogen and oxygen atoms in total. The van der Waals surface area contributed by atoms with Gasteiger partial charge in [-0.1, -0.05) is 24.4 Å². The summed E-state index contributed by atoms with van der Waals surface area (Å²) in [7, 11) is 1.57. The lowest BCUT2D eigenvalue weighted by Crippen LogP contribution is -2.36. The van der Waals surface area contributed by atoms with Crippen LogP contribution >= 0.6 is 11.6 Å². The fraction of sp³-hybridized carbons (Fsp3) is 0.333. The van der Waals surface area contributed by atoms with Gasteiger partial charge >= 0.3 is 6.03 Å². The van der Waals surface area contributed by atoms with Gasteiger partial charge in [-0.25, -0.2) is 4.79 Å². The minimum Gasteiger partial charge on any atom is -0.493 e. The lowest BCUT2D eigenvalue weighted by molar-refractivity contribution is 0.167. The summed E-state index contributed by atoms with van der Waals surface area (Å²) < 4.78 is 23.3. The molecular formula is C24H24ClN3O5. The quantitative estimate of drug-likeness (QED) is 0.511. The summed E-state index contributed by atoms with van der Waals surface area (Å²) in [5.74, 6) is 2.67. The highest BCUT2D eigenvalue weighted by Gasteiger charge is 2.24. The predicted molar refractivity (Wildman–Crippen MR) is 125 cm³/mol. The molecule has 1 aliphatic carbocycles. The molecule has 3 aromatic rings. The molecule has 1 fully saturated rings. The van der Waals surface area contributed by atoms with Crippen LogP contribution in [0, 0.1) is 0 Å². The Labute approximate surface area is 196 Å². The van der Waals surface area contributed by atoms with Crippen LogP contribution in [0.25, 0.3) is 10.9 Å². The summed E-state index contributed by atoms with van der Waals surface area (Å²) in [6.45, 7) is 0.850. The lowest BCUT2D eigenvalue weighted by Gasteiger charge is -2.23. The fourth-order valence-electron chi connectivity index (χ4n) is 4.21. The summed E-state index contributed by atoms with van der Waals surface area (Å²) in [4.78, 5) is 16.7. The number of amides is 2. The maximum Gasteiger partial charge on any atom is 0.319 e. The molecule has 1 saturated carbocycles. The minimum atomic E-state index is -0.254. The first kappa shape index (κ1) is 21.5. The first-order chi connectivity index (χ1) is 16.1. The van der Waals surface area contributed by atoms with Crippen LogP contribution in [0.2, 0.25) is 5.02 Å². The summed E-state index contributed by atoms with van der Waals surface area (Å²) >= 11 is 6.43. The second-order valence-electron chi connectivity index (χ2n) is 7.96. The van der Waals surface area contributed by atoms with Crippen molar-refractivity contribution in [1.29, 1.82) is 0 Å². The number of halogens is 1. The number of urea groups is 1. The van der Waals surface area contributed by atoms with Crippen LogP contribution in [0.1, 0.15) is 25.7 Å². The number of ether oxygens (including phenoxy) is 4. The van der Waals surface area contributed by atoms with Crippen molar-refractivity contribution in [2.45, 2.75) is 31.7 Å². The highest BCUT2D eigenvalue weighted by molar-refractivity contribution is 6.33. The molecule has 0 radical (unpaired) electrons. The van der Waals surface area contributed by atoms with E-state index in [0.717, 1.165) is 25.7 Å². The van der Waals surface area contributed by atoms with Crippen LogP contribution in [-0.2, 0) is 0 Å². The molecule has 0 bridgehead atoms. The Hall–Kier alpha value is -3.39. The van der Waals surface area contributed by atoms with Gasteiger partial charge in [-0.3, -0.25) is 4.98 Å². The van der Waals surface area contributed by atoms with Crippen LogP contribution in [0.3, 0.4) is 0 Å². The Bertz CT molecular complexity index is 1200. The van der Waals surface area contributed by atoms with E-state index in [9.17, 15) is 4.79 Å². The maximum absolute atomic E-state index is 12.3. The van der Waals surface area contributed by atoms with Crippen molar-refractivity contribution in [3.05, 3.63) is 41.6 Å². The first-order valence-electron chi connectivity index (χ1n) is 10.9. The van der Waals surface area contributed by atoms with Crippen LogP contribution in [0.5, 0.6) is 28.7 Å². The van der Waals surface area contributed by atoms with Crippen molar-refractivity contribution in [3.8, 4) is 28.7 Å². The van der Waals surface area contributed by atoms with Crippen molar-refractivity contribution in [2.75, 3.05) is 25.6 Å². The number of rotatable bonds is 5. The van der Waals surface area contributed by atoms with Crippen molar-refractivity contribution in [1.82, 2.24) is 10.3 Å². The Morgan fingerprint density at radius 1 is 1.09 bits per heavy atom. The number of fused-ring (bicyclic) bond motifs is 3. The van der Waals surface area contributed by atoms with Crippen LogP contribution in [0.15, 0.2) is 36.5 Å². The van der Waals surface area contributed by atoms with E-state index in [1.54, 1.807) is 43.6 Å². The van der Waals surface area contributed by atoms with E-state index >= 15 is 0 Å². The predicted octanol–water partition coefficient (Wildman–Crippen LogP) is 5.52. The van der Waals surface area contributed by atoms with Gasteiger partial charge in [0.1, 0.15) is 24.7 Å². The van der Waals surface area contributed by atoms with Gasteiger partial charge in [-0.05, 0) is 31.0 Å². The topological polar surface area (TPSA) is 90.9 Å². The number of nitrogens with one attached hydrogen (secondary N) is 2. The largest absolute Gasteiger partial charge is 0.493 e. The van der Waals surface area contributed by atoms with Crippen molar-refractivity contribution < 1.29 is 23.7 Å². The van der Waals surface area contributed by atoms with Crippen LogP contribution in [-0.4, -0.2) is 37.4 Å². The molecule has 2 heterocycles. The maximum atomic E-state index is 12.3. The van der Waals surface area contributed by atoms with Crippen LogP contribution < -0.4 is 29.6 Å². The average Bonchev–Trinajstić information content (AvgIpc) is 3.33. The van der Waals surface area contributed by atoms with Crippen molar-refractivity contribution >= 4 is 34.2 Å². The number of hydrogen-bond acceptors (Lipinski definition) is 6. The number of anilines is 1. The van der Waals surface area contributed by atoms with Gasteiger partial charge in [0.2, 0.25) is 5.75 Å². The SMILES string of the molecule is COc1cc2nccc(Oc3ccc(NC(=O)NC4CCCC4)c(Cl)c3)c2c2c1OCCO2. The Kier molecular flexibility index (Phi) is 6.00. The van der Waals surface area contributed by atoms with E-state index in [0.29, 0.717) is 63.6 Å².